The van der Waals surface area contributed by atoms with Crippen LogP contribution in [-0.4, -0.2) is 12.4 Å². The van der Waals surface area contributed by atoms with Crippen molar-refractivity contribution in [3.05, 3.63) is 120 Å². The molecule has 0 N–H and O–H groups in total. The highest BCUT2D eigenvalue weighted by molar-refractivity contribution is 6.06. The zero-order valence-corrected chi connectivity index (χ0v) is 19.5. The minimum Gasteiger partial charge on any atom is -0.494 e. The summed E-state index contributed by atoms with van der Waals surface area (Å²) in [5.74, 6) is 2.20. The Labute approximate surface area is 201 Å². The second kappa shape index (κ2) is 11.2. The van der Waals surface area contributed by atoms with Gasteiger partial charge in [0.15, 0.2) is 5.78 Å². The van der Waals surface area contributed by atoms with Crippen LogP contribution >= 0.6 is 0 Å². The number of ketones is 1. The monoisotopic (exact) mass is 448 g/mol. The van der Waals surface area contributed by atoms with Crippen molar-refractivity contribution in [1.82, 2.24) is 0 Å². The summed E-state index contributed by atoms with van der Waals surface area (Å²) in [6.45, 7) is 4.74. The van der Waals surface area contributed by atoms with Gasteiger partial charge in [0.25, 0.3) is 0 Å². The summed E-state index contributed by atoms with van der Waals surface area (Å²) < 4.78 is 11.4. The minimum atomic E-state index is -0.0566. The zero-order valence-electron chi connectivity index (χ0n) is 19.5. The number of ether oxygens (including phenoxy) is 2. The summed E-state index contributed by atoms with van der Waals surface area (Å²) in [4.78, 5) is 12.5. The predicted octanol–water partition coefficient (Wildman–Crippen LogP) is 8.00. The fourth-order valence-electron chi connectivity index (χ4n) is 3.58. The first-order chi connectivity index (χ1) is 16.6. The fourth-order valence-corrected chi connectivity index (χ4v) is 3.58. The van der Waals surface area contributed by atoms with E-state index in [9.17, 15) is 4.79 Å². The molecule has 0 aliphatic heterocycles. The molecule has 4 rings (SSSR count). The average Bonchev–Trinajstić information content (AvgIpc) is 2.89. The van der Waals surface area contributed by atoms with E-state index in [0.29, 0.717) is 17.9 Å². The molecule has 0 spiro atoms. The molecule has 0 unspecified atom stereocenters. The molecule has 170 valence electrons. The molecule has 0 aliphatic rings. The number of carbonyl (C=O) groups excluding carboxylic acids is 1. The van der Waals surface area contributed by atoms with Gasteiger partial charge in [-0.1, -0.05) is 61.5 Å². The first kappa shape index (κ1) is 23.1. The number of benzene rings is 4. The molecule has 0 bridgehead atoms. The van der Waals surface area contributed by atoms with Crippen molar-refractivity contribution in [2.75, 3.05) is 6.61 Å². The van der Waals surface area contributed by atoms with Crippen molar-refractivity contribution in [3.63, 3.8) is 0 Å². The van der Waals surface area contributed by atoms with Crippen LogP contribution in [0.5, 0.6) is 17.2 Å². The van der Waals surface area contributed by atoms with Gasteiger partial charge < -0.3 is 9.47 Å². The molecule has 0 amide bonds. The molecule has 0 atom stereocenters. The van der Waals surface area contributed by atoms with E-state index in [0.717, 1.165) is 29.0 Å². The summed E-state index contributed by atoms with van der Waals surface area (Å²) in [5.41, 5.74) is 5.22. The van der Waals surface area contributed by atoms with E-state index in [1.165, 1.54) is 11.1 Å². The number of rotatable bonds is 9. The van der Waals surface area contributed by atoms with Crippen molar-refractivity contribution < 1.29 is 14.3 Å². The van der Waals surface area contributed by atoms with Crippen LogP contribution in [0.25, 0.3) is 17.2 Å². The summed E-state index contributed by atoms with van der Waals surface area (Å²) >= 11 is 0. The van der Waals surface area contributed by atoms with Gasteiger partial charge in [-0.15, -0.1) is 0 Å². The molecular weight excluding hydrogens is 420 g/mol. The van der Waals surface area contributed by atoms with Gasteiger partial charge in [0.2, 0.25) is 0 Å². The molecule has 0 radical (unpaired) electrons. The van der Waals surface area contributed by atoms with Crippen molar-refractivity contribution in [2.24, 2.45) is 0 Å². The lowest BCUT2D eigenvalue weighted by Gasteiger charge is -2.08. The lowest BCUT2D eigenvalue weighted by Crippen LogP contribution is -1.94. The maximum Gasteiger partial charge on any atom is 0.185 e. The topological polar surface area (TPSA) is 35.5 Å². The second-order valence-corrected chi connectivity index (χ2v) is 7.90. The number of hydrogen-bond acceptors (Lipinski definition) is 3. The summed E-state index contributed by atoms with van der Waals surface area (Å²) in [6, 6.07) is 31.5. The third-order valence-electron chi connectivity index (χ3n) is 5.54. The van der Waals surface area contributed by atoms with E-state index in [1.54, 1.807) is 24.3 Å². The van der Waals surface area contributed by atoms with Crippen LogP contribution in [0.4, 0.5) is 0 Å². The Kier molecular flexibility index (Phi) is 7.56. The third-order valence-corrected chi connectivity index (χ3v) is 5.54. The zero-order chi connectivity index (χ0) is 23.8. The molecule has 4 aromatic rings. The molecular formula is C31H28O3. The molecule has 4 aromatic carbocycles. The molecule has 34 heavy (non-hydrogen) atoms. The van der Waals surface area contributed by atoms with Crippen molar-refractivity contribution in [1.29, 1.82) is 0 Å². The molecule has 0 heterocycles. The second-order valence-electron chi connectivity index (χ2n) is 7.90. The Bertz CT molecular complexity index is 1230. The Morgan fingerprint density at radius 3 is 1.76 bits per heavy atom. The van der Waals surface area contributed by atoms with Crippen LogP contribution < -0.4 is 9.47 Å². The normalized spacial score (nSPS) is 10.9. The SMILES string of the molecule is CCOc1ccc(/C=C/C(=O)c2ccc(Oc3ccc(-c4ccc(CC)cc4)cc3)cc2)cc1. The highest BCUT2D eigenvalue weighted by Crippen LogP contribution is 2.26. The van der Waals surface area contributed by atoms with Gasteiger partial charge in [-0.2, -0.15) is 0 Å². The number of carbonyl (C=O) groups is 1. The van der Waals surface area contributed by atoms with Gasteiger partial charge in [-0.3, -0.25) is 4.79 Å². The molecule has 0 saturated heterocycles. The van der Waals surface area contributed by atoms with Crippen LogP contribution in [0.1, 0.15) is 35.3 Å². The Morgan fingerprint density at radius 1 is 0.676 bits per heavy atom. The van der Waals surface area contributed by atoms with Gasteiger partial charge in [-0.25, -0.2) is 0 Å². The maximum atomic E-state index is 12.5. The lowest BCUT2D eigenvalue weighted by molar-refractivity contribution is 0.104. The Balaban J connectivity index is 1.36. The highest BCUT2D eigenvalue weighted by Gasteiger charge is 2.04. The van der Waals surface area contributed by atoms with Gasteiger partial charge in [-0.05, 0) is 90.2 Å². The van der Waals surface area contributed by atoms with Crippen LogP contribution in [-0.2, 0) is 6.42 Å². The Morgan fingerprint density at radius 2 is 1.21 bits per heavy atom. The van der Waals surface area contributed by atoms with Gasteiger partial charge in [0.1, 0.15) is 17.2 Å². The molecule has 3 nitrogen and oxygen atoms in total. The van der Waals surface area contributed by atoms with Gasteiger partial charge in [0.05, 0.1) is 6.61 Å². The van der Waals surface area contributed by atoms with Crippen LogP contribution in [0, 0.1) is 0 Å². The first-order valence-electron chi connectivity index (χ1n) is 11.6. The molecule has 0 fully saturated rings. The number of allylic oxidation sites excluding steroid dienone is 1. The van der Waals surface area contributed by atoms with Crippen LogP contribution in [0.2, 0.25) is 0 Å². The van der Waals surface area contributed by atoms with E-state index < -0.39 is 0 Å². The van der Waals surface area contributed by atoms with E-state index in [-0.39, 0.29) is 5.78 Å². The molecule has 0 aromatic heterocycles. The number of hydrogen-bond donors (Lipinski definition) is 0. The van der Waals surface area contributed by atoms with E-state index >= 15 is 0 Å². The molecule has 0 saturated carbocycles. The van der Waals surface area contributed by atoms with E-state index in [1.807, 2.05) is 55.5 Å². The van der Waals surface area contributed by atoms with E-state index in [2.05, 4.69) is 43.3 Å². The van der Waals surface area contributed by atoms with Crippen molar-refractivity contribution in [3.8, 4) is 28.4 Å². The molecule has 3 heteroatoms. The van der Waals surface area contributed by atoms with Crippen molar-refractivity contribution in [2.45, 2.75) is 20.3 Å². The van der Waals surface area contributed by atoms with Gasteiger partial charge >= 0.3 is 0 Å². The van der Waals surface area contributed by atoms with Crippen LogP contribution in [0.3, 0.4) is 0 Å². The molecule has 0 aliphatic carbocycles. The summed E-state index contributed by atoms with van der Waals surface area (Å²) in [6.07, 6.45) is 4.42. The van der Waals surface area contributed by atoms with E-state index in [4.69, 9.17) is 9.47 Å². The highest BCUT2D eigenvalue weighted by atomic mass is 16.5. The van der Waals surface area contributed by atoms with Crippen molar-refractivity contribution >= 4 is 11.9 Å². The van der Waals surface area contributed by atoms with Crippen LogP contribution in [0.15, 0.2) is 103 Å². The third kappa shape index (κ3) is 6.02. The Hall–Kier alpha value is -4.11. The smallest absolute Gasteiger partial charge is 0.185 e. The minimum absolute atomic E-state index is 0.0566. The summed E-state index contributed by atoms with van der Waals surface area (Å²) in [7, 11) is 0. The largest absolute Gasteiger partial charge is 0.494 e. The quantitative estimate of drug-likeness (QED) is 0.192. The maximum absolute atomic E-state index is 12.5. The fraction of sp³-hybridized carbons (Fsp3) is 0.129. The summed E-state index contributed by atoms with van der Waals surface area (Å²) in [5, 5.41) is 0. The average molecular weight is 449 g/mol. The standard InChI is InChI=1S/C31H28O3/c1-3-23-5-10-25(11-6-23)26-12-18-29(19-13-26)34-30-20-14-27(15-21-30)31(32)22-9-24-7-16-28(17-8-24)33-4-2/h5-22H,3-4H2,1-2H3/b22-9+. The van der Waals surface area contributed by atoms with Gasteiger partial charge in [0, 0.05) is 5.56 Å². The predicted molar refractivity (Wildman–Crippen MR) is 139 cm³/mol. The first-order valence-corrected chi connectivity index (χ1v) is 11.6. The number of aryl methyl sites for hydroxylation is 1. The lowest BCUT2D eigenvalue weighted by atomic mass is 10.0.